The van der Waals surface area contributed by atoms with Gasteiger partial charge in [-0.25, -0.2) is 0 Å². The standard InChI is InChI=1S/C12H14N2/c1-2-4-12(5-3-1)14-8-10-6-13-7-11(10)9-14/h1-6,11,13H,7-9H2. The second kappa shape index (κ2) is 3.05. The third kappa shape index (κ3) is 1.18. The van der Waals surface area contributed by atoms with E-state index >= 15 is 0 Å². The zero-order valence-electron chi connectivity index (χ0n) is 8.11. The number of hydrogen-bond donors (Lipinski definition) is 1. The van der Waals surface area contributed by atoms with E-state index in [-0.39, 0.29) is 0 Å². The molecule has 1 unspecified atom stereocenters. The van der Waals surface area contributed by atoms with Crippen LogP contribution in [0.5, 0.6) is 0 Å². The van der Waals surface area contributed by atoms with Crippen molar-refractivity contribution in [2.45, 2.75) is 0 Å². The van der Waals surface area contributed by atoms with E-state index in [1.807, 2.05) is 0 Å². The first-order valence-corrected chi connectivity index (χ1v) is 5.16. The van der Waals surface area contributed by atoms with Crippen LogP contribution in [0.25, 0.3) is 0 Å². The summed E-state index contributed by atoms with van der Waals surface area (Å²) >= 11 is 0. The minimum atomic E-state index is 0.746. The van der Waals surface area contributed by atoms with Crippen LogP contribution in [0.15, 0.2) is 42.1 Å². The highest BCUT2D eigenvalue weighted by Gasteiger charge is 2.29. The average Bonchev–Trinajstić information content (AvgIpc) is 2.78. The molecule has 1 aromatic rings. The van der Waals surface area contributed by atoms with E-state index in [9.17, 15) is 0 Å². The first-order chi connectivity index (χ1) is 6.93. The van der Waals surface area contributed by atoms with Crippen molar-refractivity contribution < 1.29 is 0 Å². The number of nitrogens with zero attached hydrogens (tertiary/aromatic N) is 1. The molecule has 14 heavy (non-hydrogen) atoms. The van der Waals surface area contributed by atoms with Crippen LogP contribution in [0.4, 0.5) is 5.69 Å². The molecule has 72 valence electrons. The highest BCUT2D eigenvalue weighted by Crippen LogP contribution is 2.28. The van der Waals surface area contributed by atoms with Crippen LogP contribution in [0.1, 0.15) is 0 Å². The van der Waals surface area contributed by atoms with Crippen molar-refractivity contribution in [2.75, 3.05) is 24.5 Å². The molecule has 1 N–H and O–H groups in total. The minimum Gasteiger partial charge on any atom is -0.390 e. The van der Waals surface area contributed by atoms with Crippen molar-refractivity contribution in [3.05, 3.63) is 42.1 Å². The van der Waals surface area contributed by atoms with Crippen LogP contribution in [0.2, 0.25) is 0 Å². The number of anilines is 1. The molecule has 0 aromatic heterocycles. The third-order valence-electron chi connectivity index (χ3n) is 3.11. The Morgan fingerprint density at radius 1 is 1.21 bits per heavy atom. The Hall–Kier alpha value is -1.44. The maximum Gasteiger partial charge on any atom is 0.0410 e. The van der Waals surface area contributed by atoms with E-state index in [2.05, 4.69) is 46.7 Å². The predicted molar refractivity (Wildman–Crippen MR) is 58.2 cm³/mol. The molecule has 1 atom stereocenters. The molecule has 2 nitrogen and oxygen atoms in total. The molecule has 1 fully saturated rings. The number of fused-ring (bicyclic) bond motifs is 1. The van der Waals surface area contributed by atoms with Crippen molar-refractivity contribution in [1.82, 2.24) is 5.32 Å². The van der Waals surface area contributed by atoms with Crippen LogP contribution in [0, 0.1) is 5.92 Å². The molecule has 2 heterocycles. The Morgan fingerprint density at radius 2 is 2.07 bits per heavy atom. The van der Waals surface area contributed by atoms with E-state index < -0.39 is 0 Å². The zero-order valence-corrected chi connectivity index (χ0v) is 8.11. The predicted octanol–water partition coefficient (Wildman–Crippen LogP) is 1.61. The molecule has 3 rings (SSSR count). The fourth-order valence-corrected chi connectivity index (χ4v) is 2.32. The number of rotatable bonds is 1. The van der Waals surface area contributed by atoms with E-state index in [1.54, 1.807) is 5.57 Å². The minimum absolute atomic E-state index is 0.746. The van der Waals surface area contributed by atoms with Crippen molar-refractivity contribution in [2.24, 2.45) is 5.92 Å². The van der Waals surface area contributed by atoms with Gasteiger partial charge in [0.2, 0.25) is 0 Å². The van der Waals surface area contributed by atoms with E-state index in [0.29, 0.717) is 0 Å². The molecule has 2 aliphatic rings. The lowest BCUT2D eigenvalue weighted by Crippen LogP contribution is -2.22. The number of para-hydroxylation sites is 1. The maximum atomic E-state index is 3.31. The molecule has 2 heteroatoms. The highest BCUT2D eigenvalue weighted by atomic mass is 15.2. The van der Waals surface area contributed by atoms with Gasteiger partial charge in [0, 0.05) is 31.2 Å². The number of hydrogen-bond acceptors (Lipinski definition) is 2. The fourth-order valence-electron chi connectivity index (χ4n) is 2.32. The van der Waals surface area contributed by atoms with Gasteiger partial charge < -0.3 is 10.2 Å². The van der Waals surface area contributed by atoms with E-state index in [0.717, 1.165) is 19.0 Å². The van der Waals surface area contributed by atoms with Crippen molar-refractivity contribution in [3.8, 4) is 0 Å². The van der Waals surface area contributed by atoms with Gasteiger partial charge in [-0.1, -0.05) is 18.2 Å². The lowest BCUT2D eigenvalue weighted by atomic mass is 10.1. The van der Waals surface area contributed by atoms with Gasteiger partial charge in [-0.05, 0) is 23.9 Å². The van der Waals surface area contributed by atoms with Gasteiger partial charge in [-0.15, -0.1) is 0 Å². The van der Waals surface area contributed by atoms with Crippen molar-refractivity contribution in [1.29, 1.82) is 0 Å². The first kappa shape index (κ1) is 7.92. The lowest BCUT2D eigenvalue weighted by Gasteiger charge is -2.18. The van der Waals surface area contributed by atoms with Crippen molar-refractivity contribution in [3.63, 3.8) is 0 Å². The monoisotopic (exact) mass is 186 g/mol. The molecule has 0 spiro atoms. The van der Waals surface area contributed by atoms with Crippen LogP contribution < -0.4 is 10.2 Å². The van der Waals surface area contributed by atoms with Gasteiger partial charge in [0.05, 0.1) is 0 Å². The molecule has 2 aliphatic heterocycles. The summed E-state index contributed by atoms with van der Waals surface area (Å²) < 4.78 is 0. The Labute approximate surface area is 84.2 Å². The van der Waals surface area contributed by atoms with Crippen LogP contribution in [-0.4, -0.2) is 19.6 Å². The SMILES string of the molecule is C1=C2CN(c3ccccc3)CC2CN1. The normalized spacial score (nSPS) is 24.4. The summed E-state index contributed by atoms with van der Waals surface area (Å²) in [6, 6.07) is 10.7. The molecule has 0 radical (unpaired) electrons. The van der Waals surface area contributed by atoms with Gasteiger partial charge >= 0.3 is 0 Å². The van der Waals surface area contributed by atoms with Crippen LogP contribution in [0.3, 0.4) is 0 Å². The number of benzene rings is 1. The summed E-state index contributed by atoms with van der Waals surface area (Å²) in [6.45, 7) is 3.39. The largest absolute Gasteiger partial charge is 0.390 e. The summed E-state index contributed by atoms with van der Waals surface area (Å²) in [5.74, 6) is 0.746. The molecule has 1 aromatic carbocycles. The Bertz CT molecular complexity index is 356. The van der Waals surface area contributed by atoms with Crippen molar-refractivity contribution >= 4 is 5.69 Å². The Balaban J connectivity index is 1.83. The average molecular weight is 186 g/mol. The maximum absolute atomic E-state index is 3.31. The second-order valence-electron chi connectivity index (χ2n) is 4.04. The third-order valence-corrected chi connectivity index (χ3v) is 3.11. The van der Waals surface area contributed by atoms with E-state index in [1.165, 1.54) is 12.2 Å². The fraction of sp³-hybridized carbons (Fsp3) is 0.333. The molecule has 0 aliphatic carbocycles. The topological polar surface area (TPSA) is 15.3 Å². The smallest absolute Gasteiger partial charge is 0.0410 e. The summed E-state index contributed by atoms with van der Waals surface area (Å²) in [4.78, 5) is 2.46. The Morgan fingerprint density at radius 3 is 2.86 bits per heavy atom. The van der Waals surface area contributed by atoms with Gasteiger partial charge in [-0.3, -0.25) is 0 Å². The quantitative estimate of drug-likeness (QED) is 0.717. The van der Waals surface area contributed by atoms with Gasteiger partial charge in [0.1, 0.15) is 0 Å². The summed E-state index contributed by atoms with van der Waals surface area (Å²) in [6.07, 6.45) is 2.19. The van der Waals surface area contributed by atoms with Crippen LogP contribution >= 0.6 is 0 Å². The number of nitrogens with one attached hydrogen (secondary N) is 1. The van der Waals surface area contributed by atoms with Crippen LogP contribution in [-0.2, 0) is 0 Å². The molecule has 0 saturated carbocycles. The van der Waals surface area contributed by atoms with Gasteiger partial charge in [0.25, 0.3) is 0 Å². The zero-order chi connectivity index (χ0) is 9.38. The second-order valence-corrected chi connectivity index (χ2v) is 4.04. The highest BCUT2D eigenvalue weighted by molar-refractivity contribution is 5.50. The molecular weight excluding hydrogens is 172 g/mol. The molecule has 0 bridgehead atoms. The van der Waals surface area contributed by atoms with Gasteiger partial charge in [0.15, 0.2) is 0 Å². The Kier molecular flexibility index (Phi) is 1.72. The molecule has 0 amide bonds. The summed E-state index contributed by atoms with van der Waals surface area (Å²) in [5.41, 5.74) is 2.91. The summed E-state index contributed by atoms with van der Waals surface area (Å²) in [5, 5.41) is 3.31. The molecular formula is C12H14N2. The van der Waals surface area contributed by atoms with Gasteiger partial charge in [-0.2, -0.15) is 0 Å². The summed E-state index contributed by atoms with van der Waals surface area (Å²) in [7, 11) is 0. The van der Waals surface area contributed by atoms with E-state index in [4.69, 9.17) is 0 Å². The lowest BCUT2D eigenvalue weighted by molar-refractivity contribution is 0.678. The molecule has 1 saturated heterocycles. The first-order valence-electron chi connectivity index (χ1n) is 5.16.